The Kier molecular flexibility index (Phi) is 6.51. The summed E-state index contributed by atoms with van der Waals surface area (Å²) in [7, 11) is -2.32. The lowest BCUT2D eigenvalue weighted by Crippen LogP contribution is -2.43. The number of carbonyl (C=O) groups excluding carboxylic acids is 1. The van der Waals surface area contributed by atoms with E-state index in [1.165, 1.54) is 11.4 Å². The first-order chi connectivity index (χ1) is 13.7. The Morgan fingerprint density at radius 3 is 2.66 bits per heavy atom. The lowest BCUT2D eigenvalue weighted by molar-refractivity contribution is -0.120. The van der Waals surface area contributed by atoms with Gasteiger partial charge in [0.15, 0.2) is 0 Å². The molecule has 0 unspecified atom stereocenters. The number of piperidine rings is 1. The van der Waals surface area contributed by atoms with Crippen LogP contribution in [0.3, 0.4) is 0 Å². The standard InChI is InChI=1S/C21H25ClN2O4S/c1-14-6-9-19(28-3)20(11-14)29(26,27)24-10-4-5-16(13-24)21(25)23-18-8-7-17(22)12-15(18)2/h6-9,11-12,16H,4-5,10,13H2,1-3H3,(H,23,25)/t16-/m0/s1. The van der Waals surface area contributed by atoms with Crippen molar-refractivity contribution in [3.63, 3.8) is 0 Å². The van der Waals surface area contributed by atoms with E-state index in [-0.39, 0.29) is 17.3 Å². The highest BCUT2D eigenvalue weighted by molar-refractivity contribution is 7.89. The minimum absolute atomic E-state index is 0.134. The maximum absolute atomic E-state index is 13.2. The zero-order chi connectivity index (χ0) is 21.2. The van der Waals surface area contributed by atoms with Gasteiger partial charge in [0.05, 0.1) is 13.0 Å². The molecule has 1 aliphatic heterocycles. The molecule has 1 N–H and O–H groups in total. The number of rotatable bonds is 5. The van der Waals surface area contributed by atoms with Gasteiger partial charge < -0.3 is 10.1 Å². The molecule has 6 nitrogen and oxygen atoms in total. The van der Waals surface area contributed by atoms with E-state index in [1.54, 1.807) is 36.4 Å². The van der Waals surface area contributed by atoms with Gasteiger partial charge in [-0.25, -0.2) is 8.42 Å². The Morgan fingerprint density at radius 2 is 1.97 bits per heavy atom. The maximum Gasteiger partial charge on any atom is 0.246 e. The summed E-state index contributed by atoms with van der Waals surface area (Å²) >= 11 is 5.97. The number of nitrogens with one attached hydrogen (secondary N) is 1. The number of halogens is 1. The van der Waals surface area contributed by atoms with Crippen LogP contribution >= 0.6 is 11.6 Å². The van der Waals surface area contributed by atoms with E-state index in [1.807, 2.05) is 13.8 Å². The quantitative estimate of drug-likeness (QED) is 0.768. The van der Waals surface area contributed by atoms with Crippen LogP contribution in [-0.4, -0.2) is 38.8 Å². The van der Waals surface area contributed by atoms with E-state index in [9.17, 15) is 13.2 Å². The fraction of sp³-hybridized carbons (Fsp3) is 0.381. The van der Waals surface area contributed by atoms with Crippen LogP contribution in [0.1, 0.15) is 24.0 Å². The molecule has 0 bridgehead atoms. The Hall–Kier alpha value is -2.09. The van der Waals surface area contributed by atoms with Gasteiger partial charge in [-0.2, -0.15) is 4.31 Å². The van der Waals surface area contributed by atoms with E-state index in [4.69, 9.17) is 16.3 Å². The summed E-state index contributed by atoms with van der Waals surface area (Å²) in [4.78, 5) is 12.9. The van der Waals surface area contributed by atoms with Gasteiger partial charge in [0.25, 0.3) is 0 Å². The molecule has 1 saturated heterocycles. The molecule has 1 fully saturated rings. The number of nitrogens with zero attached hydrogens (tertiary/aromatic N) is 1. The molecule has 0 saturated carbocycles. The van der Waals surface area contributed by atoms with Crippen molar-refractivity contribution in [3.8, 4) is 5.75 Å². The van der Waals surface area contributed by atoms with Crippen molar-refractivity contribution < 1.29 is 17.9 Å². The normalized spacial score (nSPS) is 17.7. The minimum Gasteiger partial charge on any atom is -0.495 e. The highest BCUT2D eigenvalue weighted by Crippen LogP contribution is 2.31. The monoisotopic (exact) mass is 436 g/mol. The van der Waals surface area contributed by atoms with Crippen LogP contribution in [0.5, 0.6) is 5.75 Å². The highest BCUT2D eigenvalue weighted by Gasteiger charge is 2.35. The smallest absolute Gasteiger partial charge is 0.246 e. The van der Waals surface area contributed by atoms with Crippen molar-refractivity contribution in [2.45, 2.75) is 31.6 Å². The van der Waals surface area contributed by atoms with Crippen molar-refractivity contribution >= 4 is 33.2 Å². The Balaban J connectivity index is 1.79. The van der Waals surface area contributed by atoms with Crippen molar-refractivity contribution in [1.82, 2.24) is 4.31 Å². The number of sulfonamides is 1. The number of ether oxygens (including phenoxy) is 1. The van der Waals surface area contributed by atoms with Gasteiger partial charge >= 0.3 is 0 Å². The fourth-order valence-electron chi connectivity index (χ4n) is 3.50. The van der Waals surface area contributed by atoms with Crippen LogP contribution in [0.2, 0.25) is 5.02 Å². The second-order valence-electron chi connectivity index (χ2n) is 7.31. The second-order valence-corrected chi connectivity index (χ2v) is 9.65. The average molecular weight is 437 g/mol. The molecule has 0 aromatic heterocycles. The van der Waals surface area contributed by atoms with Crippen LogP contribution in [0, 0.1) is 19.8 Å². The lowest BCUT2D eigenvalue weighted by Gasteiger charge is -2.31. The minimum atomic E-state index is -3.77. The van der Waals surface area contributed by atoms with E-state index in [0.717, 1.165) is 11.1 Å². The largest absolute Gasteiger partial charge is 0.495 e. The third-order valence-corrected chi connectivity index (χ3v) is 7.26. The van der Waals surface area contributed by atoms with Gasteiger partial charge in [0, 0.05) is 23.8 Å². The molecule has 1 amide bonds. The van der Waals surface area contributed by atoms with Crippen LogP contribution in [0.4, 0.5) is 5.69 Å². The number of methoxy groups -OCH3 is 1. The second kappa shape index (κ2) is 8.73. The average Bonchev–Trinajstić information content (AvgIpc) is 2.70. The molecule has 0 spiro atoms. The molecule has 0 radical (unpaired) electrons. The zero-order valence-electron chi connectivity index (χ0n) is 16.7. The van der Waals surface area contributed by atoms with Crippen LogP contribution < -0.4 is 10.1 Å². The topological polar surface area (TPSA) is 75.7 Å². The predicted octanol–water partition coefficient (Wildman–Crippen LogP) is 4.00. The van der Waals surface area contributed by atoms with Crippen molar-refractivity contribution in [2.24, 2.45) is 5.92 Å². The lowest BCUT2D eigenvalue weighted by atomic mass is 9.98. The van der Waals surface area contributed by atoms with Crippen molar-refractivity contribution in [2.75, 3.05) is 25.5 Å². The predicted molar refractivity (Wildman–Crippen MR) is 114 cm³/mol. The molecule has 0 aliphatic carbocycles. The summed E-state index contributed by atoms with van der Waals surface area (Å²) in [5, 5.41) is 3.51. The van der Waals surface area contributed by atoms with Gasteiger partial charge in [-0.1, -0.05) is 17.7 Å². The van der Waals surface area contributed by atoms with E-state index < -0.39 is 15.9 Å². The van der Waals surface area contributed by atoms with Gasteiger partial charge in [0.2, 0.25) is 15.9 Å². The number of anilines is 1. The van der Waals surface area contributed by atoms with Crippen LogP contribution in [-0.2, 0) is 14.8 Å². The molecule has 3 rings (SSSR count). The first kappa shape index (κ1) is 21.6. The Morgan fingerprint density at radius 1 is 1.21 bits per heavy atom. The van der Waals surface area contributed by atoms with Crippen molar-refractivity contribution in [1.29, 1.82) is 0 Å². The molecular weight excluding hydrogens is 412 g/mol. The highest BCUT2D eigenvalue weighted by atomic mass is 35.5. The number of carbonyl (C=O) groups is 1. The Bertz CT molecular complexity index is 1020. The first-order valence-electron chi connectivity index (χ1n) is 9.44. The molecule has 1 aliphatic rings. The molecule has 2 aromatic rings. The SMILES string of the molecule is COc1ccc(C)cc1S(=O)(=O)N1CCC[C@H](C(=O)Nc2ccc(Cl)cc2C)C1. The van der Waals surface area contributed by atoms with Crippen LogP contribution in [0.15, 0.2) is 41.3 Å². The number of benzene rings is 2. The number of amides is 1. The molecule has 2 aromatic carbocycles. The van der Waals surface area contributed by atoms with Gasteiger partial charge in [-0.05, 0) is 68.1 Å². The third kappa shape index (κ3) is 4.74. The van der Waals surface area contributed by atoms with Crippen LogP contribution in [0.25, 0.3) is 0 Å². The molecule has 29 heavy (non-hydrogen) atoms. The summed E-state index contributed by atoms with van der Waals surface area (Å²) in [6.07, 6.45) is 1.25. The number of hydrogen-bond acceptors (Lipinski definition) is 4. The summed E-state index contributed by atoms with van der Waals surface area (Å²) in [5.74, 6) is -0.310. The number of aryl methyl sites for hydroxylation is 2. The number of hydrogen-bond donors (Lipinski definition) is 1. The Labute approximate surface area is 176 Å². The summed E-state index contributed by atoms with van der Waals surface area (Å²) < 4.78 is 33.1. The molecular formula is C21H25ClN2O4S. The maximum atomic E-state index is 13.2. The summed E-state index contributed by atoms with van der Waals surface area (Å²) in [6, 6.07) is 10.3. The molecule has 8 heteroatoms. The summed E-state index contributed by atoms with van der Waals surface area (Å²) in [5.41, 5.74) is 2.37. The van der Waals surface area contributed by atoms with Gasteiger partial charge in [0.1, 0.15) is 10.6 Å². The zero-order valence-corrected chi connectivity index (χ0v) is 18.3. The van der Waals surface area contributed by atoms with E-state index in [0.29, 0.717) is 35.8 Å². The molecule has 1 heterocycles. The molecule has 1 atom stereocenters. The first-order valence-corrected chi connectivity index (χ1v) is 11.3. The fourth-order valence-corrected chi connectivity index (χ4v) is 5.49. The van der Waals surface area contributed by atoms with E-state index in [2.05, 4.69) is 5.32 Å². The van der Waals surface area contributed by atoms with E-state index >= 15 is 0 Å². The van der Waals surface area contributed by atoms with Crippen molar-refractivity contribution in [3.05, 3.63) is 52.5 Å². The molecule has 156 valence electrons. The van der Waals surface area contributed by atoms with Gasteiger partial charge in [-0.15, -0.1) is 0 Å². The summed E-state index contributed by atoms with van der Waals surface area (Å²) in [6.45, 7) is 4.21. The third-order valence-electron chi connectivity index (χ3n) is 5.14. The van der Waals surface area contributed by atoms with Gasteiger partial charge in [-0.3, -0.25) is 4.79 Å².